The number of hydrogen-bond acceptors (Lipinski definition) is 5. The smallest absolute Gasteiger partial charge is 0.0924 e. The Hall–Kier alpha value is -1.73. The van der Waals surface area contributed by atoms with Crippen LogP contribution in [0.1, 0.15) is 25.5 Å². The maximum atomic E-state index is 11.3. The second-order valence-electron chi connectivity index (χ2n) is 7.45. The van der Waals surface area contributed by atoms with Crippen molar-refractivity contribution in [2.24, 2.45) is 0 Å². The van der Waals surface area contributed by atoms with Gasteiger partial charge in [0.2, 0.25) is 0 Å². The lowest BCUT2D eigenvalue weighted by Crippen LogP contribution is -2.34. The number of benzene rings is 2. The van der Waals surface area contributed by atoms with Gasteiger partial charge in [0, 0.05) is 43.8 Å². The molecule has 2 aromatic carbocycles. The van der Waals surface area contributed by atoms with Crippen molar-refractivity contribution in [3.05, 3.63) is 64.1 Å². The van der Waals surface area contributed by atoms with Crippen LogP contribution in [0.15, 0.2) is 48.5 Å². The average Bonchev–Trinajstić information content (AvgIpc) is 2.80. The third-order valence-corrected chi connectivity index (χ3v) is 6.00. The van der Waals surface area contributed by atoms with Crippen LogP contribution >= 0.6 is 23.2 Å². The minimum absolute atomic E-state index is 0.467. The molecule has 0 bridgehead atoms. The zero-order chi connectivity index (χ0) is 22.9. The maximum absolute atomic E-state index is 11.3. The Bertz CT molecular complexity index is 1010. The van der Waals surface area contributed by atoms with Crippen LogP contribution < -0.4 is 0 Å². The molecular formula is C25H30Cl2N2O3. The number of para-hydroxylation sites is 1. The number of aliphatic hydroxyl groups is 1. The highest BCUT2D eigenvalue weighted by Gasteiger charge is 2.18. The first kappa shape index (κ1) is 24.9. The van der Waals surface area contributed by atoms with Crippen molar-refractivity contribution in [2.75, 3.05) is 46.1 Å². The largest absolute Gasteiger partial charge is 0.387 e. The molecule has 0 saturated carbocycles. The summed E-state index contributed by atoms with van der Waals surface area (Å²) < 4.78 is 11.1. The molecule has 0 saturated heterocycles. The molecule has 172 valence electrons. The lowest BCUT2D eigenvalue weighted by molar-refractivity contribution is 0.0537. The van der Waals surface area contributed by atoms with Crippen LogP contribution in [0.3, 0.4) is 0 Å². The topological polar surface area (TPSA) is 54.8 Å². The quantitative estimate of drug-likeness (QED) is 0.344. The minimum Gasteiger partial charge on any atom is -0.387 e. The first-order chi connectivity index (χ1) is 15.5. The average molecular weight is 477 g/mol. The maximum Gasteiger partial charge on any atom is 0.0924 e. The SMILES string of the molecule is CCOCCN(CCOCC)CC(O)c1cc(-c2ccc(Cl)c(Cl)c2)nc2ccccc12. The molecule has 0 radical (unpaired) electrons. The standard InChI is InChI=1S/C25H30Cl2N2O3/c1-3-31-13-11-29(12-14-32-4-2)17-25(30)20-16-24(18-9-10-21(26)22(27)15-18)28-23-8-6-5-7-19(20)23/h5-10,15-16,25,30H,3-4,11-14,17H2,1-2H3. The van der Waals surface area contributed by atoms with Gasteiger partial charge in [-0.25, -0.2) is 4.98 Å². The third kappa shape index (κ3) is 6.64. The van der Waals surface area contributed by atoms with E-state index >= 15 is 0 Å². The number of pyridine rings is 1. The number of fused-ring (bicyclic) bond motifs is 1. The molecule has 1 N–H and O–H groups in total. The number of ether oxygens (including phenoxy) is 2. The molecule has 0 spiro atoms. The van der Waals surface area contributed by atoms with Gasteiger partial charge in [-0.2, -0.15) is 0 Å². The van der Waals surface area contributed by atoms with Gasteiger partial charge in [0.15, 0.2) is 0 Å². The van der Waals surface area contributed by atoms with Gasteiger partial charge in [-0.05, 0) is 43.7 Å². The van der Waals surface area contributed by atoms with Gasteiger partial charge in [-0.1, -0.05) is 47.5 Å². The van der Waals surface area contributed by atoms with Gasteiger partial charge in [0.25, 0.3) is 0 Å². The first-order valence-electron chi connectivity index (χ1n) is 10.9. The summed E-state index contributed by atoms with van der Waals surface area (Å²) in [7, 11) is 0. The summed E-state index contributed by atoms with van der Waals surface area (Å²) >= 11 is 12.3. The molecule has 0 fully saturated rings. The van der Waals surface area contributed by atoms with Crippen molar-refractivity contribution in [2.45, 2.75) is 20.0 Å². The molecule has 7 heteroatoms. The highest BCUT2D eigenvalue weighted by Crippen LogP contribution is 2.32. The van der Waals surface area contributed by atoms with Crippen LogP contribution in [0.2, 0.25) is 10.0 Å². The number of nitrogens with zero attached hydrogens (tertiary/aromatic N) is 2. The summed E-state index contributed by atoms with van der Waals surface area (Å²) in [5, 5.41) is 13.2. The van der Waals surface area contributed by atoms with Gasteiger partial charge in [-0.15, -0.1) is 0 Å². The highest BCUT2D eigenvalue weighted by atomic mass is 35.5. The van der Waals surface area contributed by atoms with Crippen molar-refractivity contribution in [3.63, 3.8) is 0 Å². The van der Waals surface area contributed by atoms with E-state index in [2.05, 4.69) is 4.90 Å². The van der Waals surface area contributed by atoms with Crippen LogP contribution in [0.5, 0.6) is 0 Å². The van der Waals surface area contributed by atoms with Crippen LogP contribution in [0, 0.1) is 0 Å². The summed E-state index contributed by atoms with van der Waals surface area (Å²) in [5.74, 6) is 0. The van der Waals surface area contributed by atoms with Crippen molar-refractivity contribution >= 4 is 34.1 Å². The van der Waals surface area contributed by atoms with Crippen LogP contribution in [0.25, 0.3) is 22.2 Å². The van der Waals surface area contributed by atoms with E-state index in [0.29, 0.717) is 43.0 Å². The molecule has 32 heavy (non-hydrogen) atoms. The number of aromatic nitrogens is 1. The molecule has 3 aromatic rings. The lowest BCUT2D eigenvalue weighted by atomic mass is 10.00. The van der Waals surface area contributed by atoms with Crippen LogP contribution in [-0.2, 0) is 9.47 Å². The zero-order valence-corrected chi connectivity index (χ0v) is 20.1. The Morgan fingerprint density at radius 3 is 2.28 bits per heavy atom. The van der Waals surface area contributed by atoms with E-state index in [1.165, 1.54) is 0 Å². The normalized spacial score (nSPS) is 12.6. The molecule has 1 atom stereocenters. The number of halogens is 2. The van der Waals surface area contributed by atoms with Gasteiger partial charge < -0.3 is 14.6 Å². The molecule has 0 aliphatic carbocycles. The highest BCUT2D eigenvalue weighted by molar-refractivity contribution is 6.42. The van der Waals surface area contributed by atoms with E-state index < -0.39 is 6.10 Å². The van der Waals surface area contributed by atoms with Gasteiger partial charge in [0.05, 0.1) is 40.6 Å². The molecule has 1 unspecified atom stereocenters. The summed E-state index contributed by atoms with van der Waals surface area (Å²) in [5.41, 5.74) is 3.24. The van der Waals surface area contributed by atoms with E-state index in [9.17, 15) is 5.11 Å². The first-order valence-corrected chi connectivity index (χ1v) is 11.7. The molecule has 0 aliphatic rings. The molecule has 1 aromatic heterocycles. The number of rotatable bonds is 12. The molecule has 0 amide bonds. The fourth-order valence-electron chi connectivity index (χ4n) is 3.59. The summed E-state index contributed by atoms with van der Waals surface area (Å²) in [6, 6.07) is 15.2. The van der Waals surface area contributed by atoms with Crippen molar-refractivity contribution in [3.8, 4) is 11.3 Å². The van der Waals surface area contributed by atoms with Gasteiger partial charge >= 0.3 is 0 Å². The minimum atomic E-state index is -0.701. The van der Waals surface area contributed by atoms with E-state index in [1.54, 1.807) is 12.1 Å². The summed E-state index contributed by atoms with van der Waals surface area (Å²) in [6.07, 6.45) is -0.701. The van der Waals surface area contributed by atoms with Crippen molar-refractivity contribution < 1.29 is 14.6 Å². The van der Waals surface area contributed by atoms with E-state index in [1.807, 2.05) is 50.2 Å². The monoisotopic (exact) mass is 476 g/mol. The fraction of sp³-hybridized carbons (Fsp3) is 0.400. The third-order valence-electron chi connectivity index (χ3n) is 5.27. The van der Waals surface area contributed by atoms with Gasteiger partial charge in [-0.3, -0.25) is 4.90 Å². The second-order valence-corrected chi connectivity index (χ2v) is 8.27. The molecule has 3 rings (SSSR count). The molecule has 0 aliphatic heterocycles. The Labute approximate surface area is 199 Å². The van der Waals surface area contributed by atoms with Gasteiger partial charge in [0.1, 0.15) is 0 Å². The zero-order valence-electron chi connectivity index (χ0n) is 18.6. The fourth-order valence-corrected chi connectivity index (χ4v) is 3.89. The molecule has 1 heterocycles. The predicted octanol–water partition coefficient (Wildman–Crippen LogP) is 5.62. The lowest BCUT2D eigenvalue weighted by Gasteiger charge is -2.26. The predicted molar refractivity (Wildman–Crippen MR) is 132 cm³/mol. The van der Waals surface area contributed by atoms with E-state index in [0.717, 1.165) is 40.8 Å². The van der Waals surface area contributed by atoms with Crippen LogP contribution in [0.4, 0.5) is 0 Å². The summed E-state index contributed by atoms with van der Waals surface area (Å²) in [6.45, 7) is 8.44. The Balaban J connectivity index is 1.91. The number of aliphatic hydroxyl groups excluding tert-OH is 1. The van der Waals surface area contributed by atoms with Crippen LogP contribution in [-0.4, -0.2) is 61.1 Å². The molecular weight excluding hydrogens is 447 g/mol. The second kappa shape index (κ2) is 12.5. The summed E-state index contributed by atoms with van der Waals surface area (Å²) in [4.78, 5) is 6.96. The Morgan fingerprint density at radius 1 is 0.938 bits per heavy atom. The Morgan fingerprint density at radius 2 is 1.62 bits per heavy atom. The van der Waals surface area contributed by atoms with E-state index in [4.69, 9.17) is 37.7 Å². The van der Waals surface area contributed by atoms with Crippen molar-refractivity contribution in [1.29, 1.82) is 0 Å². The van der Waals surface area contributed by atoms with E-state index in [-0.39, 0.29) is 0 Å². The molecule has 5 nitrogen and oxygen atoms in total. The Kier molecular flexibility index (Phi) is 9.72. The number of hydrogen-bond donors (Lipinski definition) is 1. The van der Waals surface area contributed by atoms with Crippen molar-refractivity contribution in [1.82, 2.24) is 9.88 Å².